The monoisotopic (exact) mass is 212 g/mol. The molecule has 2 aromatic rings. The largest absolute Gasteiger partial charge is 0.260 e. The van der Waals surface area contributed by atoms with E-state index in [4.69, 9.17) is 0 Å². The molecule has 2 rings (SSSR count). The van der Waals surface area contributed by atoms with E-state index in [9.17, 15) is 0 Å². The van der Waals surface area contributed by atoms with Crippen molar-refractivity contribution in [2.75, 3.05) is 7.05 Å². The first-order valence-electron chi connectivity index (χ1n) is 5.38. The highest BCUT2D eigenvalue weighted by molar-refractivity contribution is 5.83. The number of hydrogen-bond donors (Lipinski definition) is 2. The van der Waals surface area contributed by atoms with Gasteiger partial charge in [-0.3, -0.25) is 5.43 Å². The van der Waals surface area contributed by atoms with Gasteiger partial charge >= 0.3 is 0 Å². The lowest BCUT2D eigenvalue weighted by Gasteiger charge is -2.14. The fraction of sp³-hybridized carbons (Fsp3) is 0.143. The summed E-state index contributed by atoms with van der Waals surface area (Å²) < 4.78 is 0. The van der Waals surface area contributed by atoms with Crippen LogP contribution in [0.5, 0.6) is 0 Å². The van der Waals surface area contributed by atoms with Crippen LogP contribution in [0.25, 0.3) is 10.8 Å². The van der Waals surface area contributed by atoms with Gasteiger partial charge in [0.2, 0.25) is 0 Å². The Labute approximate surface area is 96.0 Å². The molecule has 2 N–H and O–H groups in total. The highest BCUT2D eigenvalue weighted by atomic mass is 15.3. The molecule has 2 nitrogen and oxygen atoms in total. The van der Waals surface area contributed by atoms with Gasteiger partial charge in [0, 0.05) is 0 Å². The SMILES string of the molecule is C=C[C@H](NNC)c1ccc2ccccc2c1. The highest BCUT2D eigenvalue weighted by Gasteiger charge is 2.05. The van der Waals surface area contributed by atoms with Gasteiger partial charge in [0.1, 0.15) is 0 Å². The molecular formula is C14H16N2. The number of rotatable bonds is 4. The zero-order chi connectivity index (χ0) is 11.4. The second-order valence-corrected chi connectivity index (χ2v) is 3.71. The van der Waals surface area contributed by atoms with Crippen molar-refractivity contribution < 1.29 is 0 Å². The summed E-state index contributed by atoms with van der Waals surface area (Å²) >= 11 is 0. The molecule has 0 aliphatic heterocycles. The maximum atomic E-state index is 3.83. The van der Waals surface area contributed by atoms with Crippen molar-refractivity contribution >= 4 is 10.8 Å². The second kappa shape index (κ2) is 4.92. The fourth-order valence-electron chi connectivity index (χ4n) is 1.84. The Morgan fingerprint density at radius 3 is 2.56 bits per heavy atom. The van der Waals surface area contributed by atoms with Gasteiger partial charge in [-0.15, -0.1) is 6.58 Å². The summed E-state index contributed by atoms with van der Waals surface area (Å²) in [5.41, 5.74) is 7.30. The van der Waals surface area contributed by atoms with Crippen LogP contribution in [0.3, 0.4) is 0 Å². The molecular weight excluding hydrogens is 196 g/mol. The van der Waals surface area contributed by atoms with Crippen molar-refractivity contribution in [2.24, 2.45) is 0 Å². The summed E-state index contributed by atoms with van der Waals surface area (Å²) in [6.07, 6.45) is 1.89. The summed E-state index contributed by atoms with van der Waals surface area (Å²) in [6.45, 7) is 3.83. The maximum Gasteiger partial charge on any atom is 0.0640 e. The average molecular weight is 212 g/mol. The average Bonchev–Trinajstić information content (AvgIpc) is 2.35. The first kappa shape index (κ1) is 10.9. The van der Waals surface area contributed by atoms with Crippen LogP contribution in [0.4, 0.5) is 0 Å². The first-order valence-corrected chi connectivity index (χ1v) is 5.38. The van der Waals surface area contributed by atoms with Crippen molar-refractivity contribution in [2.45, 2.75) is 6.04 Å². The molecule has 0 spiro atoms. The Morgan fingerprint density at radius 1 is 1.12 bits per heavy atom. The van der Waals surface area contributed by atoms with E-state index in [2.05, 4.69) is 59.9 Å². The molecule has 16 heavy (non-hydrogen) atoms. The predicted octanol–water partition coefficient (Wildman–Crippen LogP) is 2.79. The molecule has 0 aromatic heterocycles. The molecule has 82 valence electrons. The molecule has 0 unspecified atom stereocenters. The Kier molecular flexibility index (Phi) is 3.34. The Hall–Kier alpha value is -1.64. The lowest BCUT2D eigenvalue weighted by Crippen LogP contribution is -2.30. The van der Waals surface area contributed by atoms with Crippen LogP contribution < -0.4 is 10.9 Å². The van der Waals surface area contributed by atoms with Crippen LogP contribution in [0.2, 0.25) is 0 Å². The van der Waals surface area contributed by atoms with Crippen molar-refractivity contribution in [3.8, 4) is 0 Å². The first-order chi connectivity index (χ1) is 7.85. The Morgan fingerprint density at radius 2 is 1.88 bits per heavy atom. The molecule has 0 aliphatic rings. The number of nitrogens with one attached hydrogen (secondary N) is 2. The van der Waals surface area contributed by atoms with E-state index >= 15 is 0 Å². The highest BCUT2D eigenvalue weighted by Crippen LogP contribution is 2.20. The van der Waals surface area contributed by atoms with Crippen molar-refractivity contribution in [1.29, 1.82) is 0 Å². The van der Waals surface area contributed by atoms with Crippen molar-refractivity contribution in [1.82, 2.24) is 10.9 Å². The van der Waals surface area contributed by atoms with E-state index in [1.54, 1.807) is 0 Å². The second-order valence-electron chi connectivity index (χ2n) is 3.71. The minimum absolute atomic E-state index is 0.134. The molecule has 0 bridgehead atoms. The molecule has 0 heterocycles. The summed E-state index contributed by atoms with van der Waals surface area (Å²) in [4.78, 5) is 0. The standard InChI is InChI=1S/C14H16N2/c1-3-14(16-15-2)13-9-8-11-6-4-5-7-12(11)10-13/h3-10,14-16H,1H2,2H3/t14-/m0/s1. The van der Waals surface area contributed by atoms with Crippen LogP contribution in [0, 0.1) is 0 Å². The Bertz CT molecular complexity index is 491. The van der Waals surface area contributed by atoms with E-state index in [0.29, 0.717) is 0 Å². The van der Waals surface area contributed by atoms with E-state index in [-0.39, 0.29) is 6.04 Å². The maximum absolute atomic E-state index is 3.83. The van der Waals surface area contributed by atoms with E-state index < -0.39 is 0 Å². The third-order valence-corrected chi connectivity index (χ3v) is 2.67. The van der Waals surface area contributed by atoms with Crippen molar-refractivity contribution in [3.05, 3.63) is 60.7 Å². The fourth-order valence-corrected chi connectivity index (χ4v) is 1.84. The predicted molar refractivity (Wildman–Crippen MR) is 69.1 cm³/mol. The lowest BCUT2D eigenvalue weighted by molar-refractivity contribution is 0.542. The third-order valence-electron chi connectivity index (χ3n) is 2.67. The minimum Gasteiger partial charge on any atom is -0.260 e. The van der Waals surface area contributed by atoms with Gasteiger partial charge in [0.15, 0.2) is 0 Å². The normalized spacial score (nSPS) is 12.6. The molecule has 0 amide bonds. The molecule has 0 radical (unpaired) electrons. The zero-order valence-electron chi connectivity index (χ0n) is 9.40. The van der Waals surface area contributed by atoms with Gasteiger partial charge < -0.3 is 0 Å². The van der Waals surface area contributed by atoms with Crippen LogP contribution in [-0.4, -0.2) is 7.05 Å². The van der Waals surface area contributed by atoms with Crippen LogP contribution in [0.1, 0.15) is 11.6 Å². The van der Waals surface area contributed by atoms with E-state index in [1.807, 2.05) is 13.1 Å². The quantitative estimate of drug-likeness (QED) is 0.601. The van der Waals surface area contributed by atoms with Gasteiger partial charge in [-0.25, -0.2) is 5.43 Å². The zero-order valence-corrected chi connectivity index (χ0v) is 9.40. The smallest absolute Gasteiger partial charge is 0.0640 e. The van der Waals surface area contributed by atoms with Gasteiger partial charge in [-0.1, -0.05) is 42.5 Å². The van der Waals surface area contributed by atoms with Crippen molar-refractivity contribution in [3.63, 3.8) is 0 Å². The number of fused-ring (bicyclic) bond motifs is 1. The van der Waals surface area contributed by atoms with Crippen LogP contribution >= 0.6 is 0 Å². The number of benzene rings is 2. The minimum atomic E-state index is 0.134. The molecule has 0 fully saturated rings. The van der Waals surface area contributed by atoms with Crippen LogP contribution in [0.15, 0.2) is 55.1 Å². The summed E-state index contributed by atoms with van der Waals surface area (Å²) in [5.74, 6) is 0. The lowest BCUT2D eigenvalue weighted by atomic mass is 10.0. The molecule has 2 heteroatoms. The topological polar surface area (TPSA) is 24.1 Å². The van der Waals surface area contributed by atoms with Crippen LogP contribution in [-0.2, 0) is 0 Å². The van der Waals surface area contributed by atoms with Gasteiger partial charge in [0.05, 0.1) is 6.04 Å². The third kappa shape index (κ3) is 2.13. The summed E-state index contributed by atoms with van der Waals surface area (Å²) in [7, 11) is 1.86. The van der Waals surface area contributed by atoms with Gasteiger partial charge in [-0.05, 0) is 29.4 Å². The van der Waals surface area contributed by atoms with E-state index in [1.165, 1.54) is 16.3 Å². The van der Waals surface area contributed by atoms with Gasteiger partial charge in [0.25, 0.3) is 0 Å². The number of hydrazine groups is 1. The van der Waals surface area contributed by atoms with E-state index in [0.717, 1.165) is 0 Å². The molecule has 1 atom stereocenters. The Balaban J connectivity index is 2.41. The number of hydrogen-bond acceptors (Lipinski definition) is 2. The summed E-state index contributed by atoms with van der Waals surface area (Å²) in [6, 6.07) is 14.9. The molecule has 0 aliphatic carbocycles. The summed E-state index contributed by atoms with van der Waals surface area (Å²) in [5, 5.41) is 2.52. The van der Waals surface area contributed by atoms with Gasteiger partial charge in [-0.2, -0.15) is 0 Å². The molecule has 2 aromatic carbocycles. The molecule has 0 saturated heterocycles. The molecule has 0 saturated carbocycles.